The Bertz CT molecular complexity index is 267. The average Bonchev–Trinajstić information content (AvgIpc) is 2.30. The van der Waals surface area contributed by atoms with Crippen molar-refractivity contribution in [3.05, 3.63) is 0 Å². The van der Waals surface area contributed by atoms with Crippen molar-refractivity contribution in [2.24, 2.45) is 5.92 Å². The third-order valence-corrected chi connectivity index (χ3v) is 2.93. The highest BCUT2D eigenvalue weighted by atomic mass is 16.4. The summed E-state index contributed by atoms with van der Waals surface area (Å²) in [5, 5.41) is 11.6. The molecule has 0 aromatic heterocycles. The van der Waals surface area contributed by atoms with Crippen molar-refractivity contribution in [3.8, 4) is 0 Å². The van der Waals surface area contributed by atoms with Gasteiger partial charge in [0, 0.05) is 25.6 Å². The fraction of sp³-hybridized carbons (Fsp3) is 0.846. The number of rotatable bonds is 8. The van der Waals surface area contributed by atoms with E-state index in [1.54, 1.807) is 4.90 Å². The third kappa shape index (κ3) is 6.47. The summed E-state index contributed by atoms with van der Waals surface area (Å²) in [6, 6.07) is 0.0557. The van der Waals surface area contributed by atoms with Crippen LogP contribution in [0.1, 0.15) is 47.0 Å². The maximum atomic E-state index is 11.9. The second kappa shape index (κ2) is 8.78. The highest BCUT2D eigenvalue weighted by Gasteiger charge is 2.17. The normalized spacial score (nSPS) is 12.3. The lowest BCUT2D eigenvalue weighted by molar-refractivity contribution is -0.138. The zero-order chi connectivity index (χ0) is 14.1. The Morgan fingerprint density at radius 1 is 1.28 bits per heavy atom. The van der Waals surface area contributed by atoms with Crippen LogP contribution in [-0.2, 0) is 4.79 Å². The van der Waals surface area contributed by atoms with Gasteiger partial charge in [-0.15, -0.1) is 0 Å². The number of aliphatic carboxylic acids is 1. The summed E-state index contributed by atoms with van der Waals surface area (Å²) < 4.78 is 0. The van der Waals surface area contributed by atoms with E-state index in [1.165, 1.54) is 0 Å². The van der Waals surface area contributed by atoms with Crippen molar-refractivity contribution in [3.63, 3.8) is 0 Å². The monoisotopic (exact) mass is 258 g/mol. The SMILES string of the molecule is CCCN(C(=O)NCC(CC)CC(=O)O)C(C)C. The first-order chi connectivity index (χ1) is 8.42. The van der Waals surface area contributed by atoms with Crippen molar-refractivity contribution in [2.45, 2.75) is 53.0 Å². The van der Waals surface area contributed by atoms with Gasteiger partial charge in [-0.25, -0.2) is 4.79 Å². The topological polar surface area (TPSA) is 69.6 Å². The van der Waals surface area contributed by atoms with Crippen LogP contribution in [0.15, 0.2) is 0 Å². The smallest absolute Gasteiger partial charge is 0.317 e. The lowest BCUT2D eigenvalue weighted by atomic mass is 10.0. The van der Waals surface area contributed by atoms with Gasteiger partial charge in [-0.1, -0.05) is 20.3 Å². The van der Waals surface area contributed by atoms with Gasteiger partial charge in [0.1, 0.15) is 0 Å². The summed E-state index contributed by atoms with van der Waals surface area (Å²) in [5.41, 5.74) is 0. The van der Waals surface area contributed by atoms with Crippen molar-refractivity contribution < 1.29 is 14.7 Å². The fourth-order valence-corrected chi connectivity index (χ4v) is 1.78. The number of nitrogens with zero attached hydrogens (tertiary/aromatic N) is 1. The van der Waals surface area contributed by atoms with Gasteiger partial charge in [0.25, 0.3) is 0 Å². The molecule has 18 heavy (non-hydrogen) atoms. The van der Waals surface area contributed by atoms with E-state index >= 15 is 0 Å². The Balaban J connectivity index is 4.23. The first kappa shape index (κ1) is 16.7. The molecule has 2 N–H and O–H groups in total. The van der Waals surface area contributed by atoms with Gasteiger partial charge in [-0.3, -0.25) is 4.79 Å². The number of carbonyl (C=O) groups excluding carboxylic acids is 1. The quantitative estimate of drug-likeness (QED) is 0.702. The summed E-state index contributed by atoms with van der Waals surface area (Å²) in [7, 11) is 0. The van der Waals surface area contributed by atoms with Crippen molar-refractivity contribution >= 4 is 12.0 Å². The highest BCUT2D eigenvalue weighted by Crippen LogP contribution is 2.07. The average molecular weight is 258 g/mol. The largest absolute Gasteiger partial charge is 0.481 e. The summed E-state index contributed by atoms with van der Waals surface area (Å²) in [6.07, 6.45) is 1.77. The first-order valence-electron chi connectivity index (χ1n) is 6.68. The molecule has 0 heterocycles. The molecule has 0 saturated carbocycles. The minimum Gasteiger partial charge on any atom is -0.481 e. The van der Waals surface area contributed by atoms with E-state index in [0.29, 0.717) is 6.54 Å². The summed E-state index contributed by atoms with van der Waals surface area (Å²) in [4.78, 5) is 24.4. The van der Waals surface area contributed by atoms with Crippen LogP contribution in [0.3, 0.4) is 0 Å². The van der Waals surface area contributed by atoms with Gasteiger partial charge in [0.2, 0.25) is 0 Å². The Morgan fingerprint density at radius 2 is 1.89 bits per heavy atom. The number of amides is 2. The fourth-order valence-electron chi connectivity index (χ4n) is 1.78. The van der Waals surface area contributed by atoms with E-state index < -0.39 is 5.97 Å². The van der Waals surface area contributed by atoms with Crippen LogP contribution in [-0.4, -0.2) is 41.1 Å². The van der Waals surface area contributed by atoms with Crippen LogP contribution >= 0.6 is 0 Å². The zero-order valence-corrected chi connectivity index (χ0v) is 11.9. The van der Waals surface area contributed by atoms with Gasteiger partial charge < -0.3 is 15.3 Å². The van der Waals surface area contributed by atoms with Crippen LogP contribution in [0, 0.1) is 5.92 Å². The molecule has 5 heteroatoms. The van der Waals surface area contributed by atoms with Crippen LogP contribution in [0.25, 0.3) is 0 Å². The molecule has 1 atom stereocenters. The first-order valence-corrected chi connectivity index (χ1v) is 6.68. The van der Waals surface area contributed by atoms with Crippen molar-refractivity contribution in [1.82, 2.24) is 10.2 Å². The number of carboxylic acids is 1. The lowest BCUT2D eigenvalue weighted by Crippen LogP contribution is -2.45. The number of hydrogen-bond acceptors (Lipinski definition) is 2. The Kier molecular flexibility index (Phi) is 8.16. The second-order valence-electron chi connectivity index (χ2n) is 4.85. The molecule has 0 aromatic rings. The van der Waals surface area contributed by atoms with Crippen LogP contribution < -0.4 is 5.32 Å². The molecule has 0 saturated heterocycles. The van der Waals surface area contributed by atoms with Gasteiger partial charge in [-0.05, 0) is 26.2 Å². The van der Waals surface area contributed by atoms with Crippen molar-refractivity contribution in [2.75, 3.05) is 13.1 Å². The van der Waals surface area contributed by atoms with Gasteiger partial charge in [0.15, 0.2) is 0 Å². The zero-order valence-electron chi connectivity index (χ0n) is 11.9. The van der Waals surface area contributed by atoms with E-state index in [9.17, 15) is 9.59 Å². The van der Waals surface area contributed by atoms with Crippen molar-refractivity contribution in [1.29, 1.82) is 0 Å². The number of carbonyl (C=O) groups is 2. The molecule has 0 aliphatic rings. The van der Waals surface area contributed by atoms with Gasteiger partial charge in [0.05, 0.1) is 0 Å². The molecular formula is C13H26N2O3. The minimum atomic E-state index is -0.814. The predicted octanol–water partition coefficient (Wildman–Crippen LogP) is 2.32. The molecule has 0 aliphatic heterocycles. The molecule has 0 spiro atoms. The Hall–Kier alpha value is -1.26. The second-order valence-corrected chi connectivity index (χ2v) is 4.85. The molecule has 0 aliphatic carbocycles. The summed E-state index contributed by atoms with van der Waals surface area (Å²) in [5.74, 6) is -0.813. The van der Waals surface area contributed by atoms with Crippen LogP contribution in [0.2, 0.25) is 0 Å². The molecule has 0 bridgehead atoms. The summed E-state index contributed by atoms with van der Waals surface area (Å²) in [6.45, 7) is 9.06. The number of carboxylic acid groups (broad SMARTS) is 1. The third-order valence-electron chi connectivity index (χ3n) is 2.93. The van der Waals surface area contributed by atoms with E-state index in [1.807, 2.05) is 27.7 Å². The molecule has 2 amide bonds. The van der Waals surface area contributed by atoms with Crippen LogP contribution in [0.4, 0.5) is 4.79 Å². The van der Waals surface area contributed by atoms with Gasteiger partial charge in [-0.2, -0.15) is 0 Å². The van der Waals surface area contributed by atoms with E-state index in [2.05, 4.69) is 5.32 Å². The number of urea groups is 1. The molecule has 1 unspecified atom stereocenters. The molecule has 0 aromatic carbocycles. The summed E-state index contributed by atoms with van der Waals surface area (Å²) >= 11 is 0. The Morgan fingerprint density at radius 3 is 2.28 bits per heavy atom. The Labute approximate surface area is 110 Å². The molecule has 0 rings (SSSR count). The molecule has 0 radical (unpaired) electrons. The predicted molar refractivity (Wildman–Crippen MR) is 71.6 cm³/mol. The number of nitrogens with one attached hydrogen (secondary N) is 1. The highest BCUT2D eigenvalue weighted by molar-refractivity contribution is 5.74. The van der Waals surface area contributed by atoms with Gasteiger partial charge >= 0.3 is 12.0 Å². The number of hydrogen-bond donors (Lipinski definition) is 2. The maximum absolute atomic E-state index is 11.9. The maximum Gasteiger partial charge on any atom is 0.317 e. The molecule has 106 valence electrons. The molecule has 5 nitrogen and oxygen atoms in total. The van der Waals surface area contributed by atoms with E-state index in [0.717, 1.165) is 19.4 Å². The lowest BCUT2D eigenvalue weighted by Gasteiger charge is -2.27. The molecular weight excluding hydrogens is 232 g/mol. The molecule has 0 fully saturated rings. The minimum absolute atomic E-state index is 0.00193. The van der Waals surface area contributed by atoms with E-state index in [4.69, 9.17) is 5.11 Å². The van der Waals surface area contributed by atoms with E-state index in [-0.39, 0.29) is 24.4 Å². The van der Waals surface area contributed by atoms with Crippen LogP contribution in [0.5, 0.6) is 0 Å². The standard InChI is InChI=1S/C13H26N2O3/c1-5-7-15(10(3)4)13(18)14-9-11(6-2)8-12(16)17/h10-11H,5-9H2,1-4H3,(H,14,18)(H,16,17).